The van der Waals surface area contributed by atoms with E-state index in [9.17, 15) is 9.59 Å². The van der Waals surface area contributed by atoms with Gasteiger partial charge in [0.15, 0.2) is 5.78 Å². The van der Waals surface area contributed by atoms with Crippen LogP contribution in [-0.2, 0) is 19.6 Å². The number of aromatic nitrogens is 2. The molecule has 4 aromatic rings. The average molecular weight is 493 g/mol. The molecule has 7 nitrogen and oxygen atoms in total. The molecule has 0 atom stereocenters. The topological polar surface area (TPSA) is 77.6 Å². The predicted octanol–water partition coefficient (Wildman–Crippen LogP) is 5.46. The molecule has 0 unspecified atom stereocenters. The van der Waals surface area contributed by atoms with Crippen molar-refractivity contribution in [3.8, 4) is 5.75 Å². The molecular weight excluding hydrogens is 464 g/mol. The van der Waals surface area contributed by atoms with Gasteiger partial charge in [-0.2, -0.15) is 5.10 Å². The van der Waals surface area contributed by atoms with Gasteiger partial charge in [-0.1, -0.05) is 54.6 Å². The van der Waals surface area contributed by atoms with Gasteiger partial charge in [-0.3, -0.25) is 14.3 Å². The number of carbonyl (C=O) groups is 2. The number of amides is 1. The Hall–Kier alpha value is -4.70. The van der Waals surface area contributed by atoms with E-state index in [1.54, 1.807) is 43.4 Å². The molecule has 1 N–H and O–H groups in total. The number of ether oxygens (including phenoxy) is 1. The summed E-state index contributed by atoms with van der Waals surface area (Å²) in [7, 11) is 1.61. The molecule has 0 bridgehead atoms. The lowest BCUT2D eigenvalue weighted by Gasteiger charge is -2.09. The van der Waals surface area contributed by atoms with Crippen LogP contribution in [0.2, 0.25) is 0 Å². The van der Waals surface area contributed by atoms with Crippen molar-refractivity contribution < 1.29 is 14.3 Å². The lowest BCUT2D eigenvalue weighted by atomic mass is 10.0. The second-order valence-corrected chi connectivity index (χ2v) is 8.75. The molecule has 0 aliphatic heterocycles. The molecule has 0 aliphatic rings. The normalized spacial score (nSPS) is 10.5. The Morgan fingerprint density at radius 1 is 0.973 bits per heavy atom. The summed E-state index contributed by atoms with van der Waals surface area (Å²) in [5, 5.41) is 7.29. The Morgan fingerprint density at radius 3 is 2.46 bits per heavy atom. The second kappa shape index (κ2) is 11.4. The SMILES string of the molecule is [C-]#[N+]c1ccccc1OCc1ccc(C(=O)Cc2c(C)nn(Cc3cccc(C(=O)NC)c3)c2C)cc1. The number of aryl methyl sites for hydroxylation is 1. The van der Waals surface area contributed by atoms with Crippen LogP contribution in [0.3, 0.4) is 0 Å². The number of hydrogen-bond donors (Lipinski definition) is 1. The molecule has 0 saturated heterocycles. The molecular formula is C30H28N4O3. The second-order valence-electron chi connectivity index (χ2n) is 8.75. The lowest BCUT2D eigenvalue weighted by Crippen LogP contribution is -2.18. The molecule has 0 fully saturated rings. The van der Waals surface area contributed by atoms with E-state index >= 15 is 0 Å². The number of nitrogens with one attached hydrogen (secondary N) is 1. The van der Waals surface area contributed by atoms with E-state index in [0.717, 1.165) is 28.1 Å². The van der Waals surface area contributed by atoms with Crippen molar-refractivity contribution in [3.05, 3.63) is 123 Å². The van der Waals surface area contributed by atoms with Crippen molar-refractivity contribution >= 4 is 17.4 Å². The largest absolute Gasteiger partial charge is 0.500 e. The first kappa shape index (κ1) is 25.4. The van der Waals surface area contributed by atoms with Gasteiger partial charge in [0.2, 0.25) is 5.69 Å². The minimum atomic E-state index is -0.132. The van der Waals surface area contributed by atoms with E-state index in [-0.39, 0.29) is 18.1 Å². The van der Waals surface area contributed by atoms with Crippen molar-refractivity contribution in [1.82, 2.24) is 15.1 Å². The third-order valence-corrected chi connectivity index (χ3v) is 6.27. The third kappa shape index (κ3) is 5.93. The molecule has 7 heteroatoms. The van der Waals surface area contributed by atoms with Crippen LogP contribution >= 0.6 is 0 Å². The van der Waals surface area contributed by atoms with Crippen molar-refractivity contribution in [3.63, 3.8) is 0 Å². The molecule has 3 aromatic carbocycles. The maximum absolute atomic E-state index is 13.1. The van der Waals surface area contributed by atoms with E-state index in [1.807, 2.05) is 54.9 Å². The van der Waals surface area contributed by atoms with E-state index in [2.05, 4.69) is 15.3 Å². The number of rotatable bonds is 9. The smallest absolute Gasteiger partial charge is 0.251 e. The molecule has 0 saturated carbocycles. The molecule has 1 aromatic heterocycles. The number of ketones is 1. The Labute approximate surface area is 216 Å². The fraction of sp³-hybridized carbons (Fsp3) is 0.200. The first-order chi connectivity index (χ1) is 17.9. The Morgan fingerprint density at radius 2 is 1.73 bits per heavy atom. The lowest BCUT2D eigenvalue weighted by molar-refractivity contribution is 0.0961. The predicted molar refractivity (Wildman–Crippen MR) is 142 cm³/mol. The van der Waals surface area contributed by atoms with E-state index in [0.29, 0.717) is 35.7 Å². The van der Waals surface area contributed by atoms with Crippen LogP contribution < -0.4 is 10.1 Å². The monoisotopic (exact) mass is 492 g/mol. The summed E-state index contributed by atoms with van der Waals surface area (Å²) < 4.78 is 7.67. The summed E-state index contributed by atoms with van der Waals surface area (Å²) in [6.45, 7) is 11.9. The number of benzene rings is 3. The quantitative estimate of drug-likeness (QED) is 0.249. The minimum Gasteiger partial charge on any atom is -0.500 e. The third-order valence-electron chi connectivity index (χ3n) is 6.27. The van der Waals surface area contributed by atoms with Gasteiger partial charge >= 0.3 is 0 Å². The van der Waals surface area contributed by atoms with Gasteiger partial charge in [0.05, 0.1) is 18.8 Å². The van der Waals surface area contributed by atoms with Gasteiger partial charge in [0.1, 0.15) is 12.4 Å². The van der Waals surface area contributed by atoms with Crippen molar-refractivity contribution in [2.45, 2.75) is 33.4 Å². The van der Waals surface area contributed by atoms with E-state index in [4.69, 9.17) is 11.3 Å². The van der Waals surface area contributed by atoms with Crippen LogP contribution in [0.15, 0.2) is 72.8 Å². The highest BCUT2D eigenvalue weighted by Gasteiger charge is 2.17. The van der Waals surface area contributed by atoms with Crippen LogP contribution in [0.5, 0.6) is 5.75 Å². The maximum atomic E-state index is 13.1. The van der Waals surface area contributed by atoms with Crippen LogP contribution in [-0.4, -0.2) is 28.5 Å². The first-order valence-electron chi connectivity index (χ1n) is 11.9. The Bertz CT molecular complexity index is 1480. The number of nitrogens with zero attached hydrogens (tertiary/aromatic N) is 3. The zero-order chi connectivity index (χ0) is 26.4. The van der Waals surface area contributed by atoms with Crippen LogP contribution in [0.4, 0.5) is 5.69 Å². The molecule has 0 radical (unpaired) electrons. The highest BCUT2D eigenvalue weighted by Crippen LogP contribution is 2.27. The van der Waals surface area contributed by atoms with Crippen LogP contribution in [0.25, 0.3) is 4.85 Å². The van der Waals surface area contributed by atoms with Gasteiger partial charge in [0, 0.05) is 35.9 Å². The maximum Gasteiger partial charge on any atom is 0.251 e. The van der Waals surface area contributed by atoms with Gasteiger partial charge in [-0.05, 0) is 43.2 Å². The van der Waals surface area contributed by atoms with Gasteiger partial charge < -0.3 is 10.1 Å². The fourth-order valence-electron chi connectivity index (χ4n) is 4.15. The fourth-order valence-corrected chi connectivity index (χ4v) is 4.15. The zero-order valence-electron chi connectivity index (χ0n) is 21.1. The minimum absolute atomic E-state index is 0.0122. The van der Waals surface area contributed by atoms with E-state index in [1.165, 1.54) is 0 Å². The Kier molecular flexibility index (Phi) is 7.80. The molecule has 186 valence electrons. The van der Waals surface area contributed by atoms with Crippen molar-refractivity contribution in [1.29, 1.82) is 0 Å². The van der Waals surface area contributed by atoms with Gasteiger partial charge in [-0.25, -0.2) is 4.85 Å². The van der Waals surface area contributed by atoms with E-state index < -0.39 is 0 Å². The average Bonchev–Trinajstić information content (AvgIpc) is 3.19. The molecule has 1 amide bonds. The zero-order valence-corrected chi connectivity index (χ0v) is 21.1. The van der Waals surface area contributed by atoms with Gasteiger partial charge in [-0.15, -0.1) is 0 Å². The summed E-state index contributed by atoms with van der Waals surface area (Å²) in [6, 6.07) is 21.9. The number of para-hydroxylation sites is 2. The standard InChI is InChI=1S/C30H28N4O3/c1-20-26(21(2)34(33-20)18-23-8-7-9-25(16-23)30(36)32-4)17-28(35)24-14-12-22(13-15-24)19-37-29-11-6-5-10-27(29)31-3/h5-16H,17-19H2,1-2,4H3,(H,32,36). The highest BCUT2D eigenvalue weighted by atomic mass is 16.5. The Balaban J connectivity index is 1.42. The molecule has 0 aliphatic carbocycles. The summed E-state index contributed by atoms with van der Waals surface area (Å²) >= 11 is 0. The summed E-state index contributed by atoms with van der Waals surface area (Å²) in [5.41, 5.74) is 6.22. The summed E-state index contributed by atoms with van der Waals surface area (Å²) in [4.78, 5) is 28.5. The van der Waals surface area contributed by atoms with Crippen LogP contribution in [0.1, 0.15) is 48.8 Å². The molecule has 1 heterocycles. The van der Waals surface area contributed by atoms with Crippen LogP contribution in [0, 0.1) is 20.4 Å². The number of hydrogen-bond acceptors (Lipinski definition) is 4. The molecule has 4 rings (SSSR count). The number of Topliss-reactive ketones (excluding diaryl/α,β-unsaturated/α-hetero) is 1. The molecule has 0 spiro atoms. The molecule has 37 heavy (non-hydrogen) atoms. The van der Waals surface area contributed by atoms with Crippen molar-refractivity contribution in [2.24, 2.45) is 0 Å². The highest BCUT2D eigenvalue weighted by molar-refractivity contribution is 5.97. The summed E-state index contributed by atoms with van der Waals surface area (Å²) in [6.07, 6.45) is 0.254. The number of carbonyl (C=O) groups excluding carboxylic acids is 2. The van der Waals surface area contributed by atoms with Gasteiger partial charge in [0.25, 0.3) is 5.91 Å². The first-order valence-corrected chi connectivity index (χ1v) is 11.9. The summed E-state index contributed by atoms with van der Waals surface area (Å²) in [5.74, 6) is 0.423. The van der Waals surface area contributed by atoms with Crippen molar-refractivity contribution in [2.75, 3.05) is 7.05 Å².